The van der Waals surface area contributed by atoms with E-state index in [2.05, 4.69) is 0 Å². The van der Waals surface area contributed by atoms with E-state index in [1.54, 1.807) is 0 Å². The SMILES string of the molecule is CC(=O)C1=C([O-])CCCC1.CC(=O)C1=C([O-])CCCC1.CC(=O)C1=C([O-])CCCC1.[F-].[F-].[F-].[F-].[F-].[F-].[Sb].[Si+4]. The molecule has 0 aromatic carbocycles. The van der Waals surface area contributed by atoms with Gasteiger partial charge in [-0.15, -0.1) is 17.3 Å². The summed E-state index contributed by atoms with van der Waals surface area (Å²) in [6, 6.07) is 0. The normalized spacial score (nSPS) is 15.2. The minimum atomic E-state index is -0.0373. The Labute approximate surface area is 242 Å². The molecule has 0 heterocycles. The Hall–Kier alpha value is -1.75. The Bertz CT molecular complexity index is 676. The van der Waals surface area contributed by atoms with Gasteiger partial charge in [-0.3, -0.25) is 14.4 Å². The van der Waals surface area contributed by atoms with Crippen molar-refractivity contribution in [3.63, 3.8) is 0 Å². The van der Waals surface area contributed by atoms with E-state index < -0.39 is 0 Å². The van der Waals surface area contributed by atoms with Crippen LogP contribution in [0.2, 0.25) is 0 Å². The predicted molar refractivity (Wildman–Crippen MR) is 120 cm³/mol. The van der Waals surface area contributed by atoms with Crippen LogP contribution in [-0.2, 0) is 14.4 Å². The number of carbonyl (C=O) groups excluding carboxylic acids is 3. The Morgan fingerprint density at radius 1 is 0.447 bits per heavy atom. The molecule has 0 saturated carbocycles. The molecule has 0 unspecified atom stereocenters. The largest absolute Gasteiger partial charge is 4.00 e. The van der Waals surface area contributed by atoms with Gasteiger partial charge >= 0.3 is 11.0 Å². The first-order chi connectivity index (χ1) is 14.1. The number of halogens is 6. The van der Waals surface area contributed by atoms with E-state index in [1.165, 1.54) is 20.8 Å². The third kappa shape index (κ3) is 20.2. The van der Waals surface area contributed by atoms with Gasteiger partial charge in [0.2, 0.25) is 0 Å². The summed E-state index contributed by atoms with van der Waals surface area (Å²) in [5, 5.41) is 32.9. The molecular weight excluding hydrogens is 648 g/mol. The standard InChI is InChI=1S/3C8H12O2.6FH.Sb.Si/c3*1-6(9)7-4-2-3-5-8(7)10;;;;;;;;/h3*10H,2-5H2,1H3;6*1H;;/q;;;;;;;;;;+4/p-9. The fourth-order valence-electron chi connectivity index (χ4n) is 3.75. The molecule has 0 saturated heterocycles. The number of hydrogen-bond acceptors (Lipinski definition) is 6. The quantitative estimate of drug-likeness (QED) is 0.216. The molecule has 0 N–H and O–H groups in total. The molecule has 0 aliphatic heterocycles. The molecular formula is C24H33F6O6SbSi-5. The van der Waals surface area contributed by atoms with Crippen LogP contribution in [0.25, 0.3) is 0 Å². The van der Waals surface area contributed by atoms with Gasteiger partial charge in [0.1, 0.15) is 0 Å². The molecule has 0 atom stereocenters. The zero-order valence-electron chi connectivity index (χ0n) is 21.6. The molecule has 3 radical (unpaired) electrons. The second-order valence-electron chi connectivity index (χ2n) is 8.00. The van der Waals surface area contributed by atoms with E-state index in [0.29, 0.717) is 55.2 Å². The van der Waals surface area contributed by atoms with E-state index in [1.807, 2.05) is 0 Å². The average Bonchev–Trinajstić information content (AvgIpc) is 2.69. The molecule has 6 nitrogen and oxygen atoms in total. The van der Waals surface area contributed by atoms with Crippen molar-refractivity contribution in [2.75, 3.05) is 0 Å². The van der Waals surface area contributed by atoms with E-state index in [0.717, 1.165) is 38.5 Å². The minimum absolute atomic E-state index is 0. The topological polar surface area (TPSA) is 120 Å². The molecule has 38 heavy (non-hydrogen) atoms. The van der Waals surface area contributed by atoms with Crippen LogP contribution in [-0.4, -0.2) is 52.7 Å². The van der Waals surface area contributed by atoms with Crippen molar-refractivity contribution >= 4 is 52.7 Å². The molecule has 3 aliphatic carbocycles. The summed E-state index contributed by atoms with van der Waals surface area (Å²) in [6.07, 6.45) is 9.71. The van der Waals surface area contributed by atoms with Crippen molar-refractivity contribution < 1.29 is 57.9 Å². The van der Waals surface area contributed by atoms with Gasteiger partial charge < -0.3 is 43.5 Å². The van der Waals surface area contributed by atoms with Crippen LogP contribution in [0, 0.1) is 0 Å². The molecule has 0 aromatic heterocycles. The summed E-state index contributed by atoms with van der Waals surface area (Å²) in [4.78, 5) is 32.3. The Morgan fingerprint density at radius 3 is 0.711 bits per heavy atom. The minimum Gasteiger partial charge on any atom is -1.00 e. The predicted octanol–water partition coefficient (Wildman–Crippen LogP) is -16.4. The zero-order valence-corrected chi connectivity index (χ0v) is 25.2. The smallest absolute Gasteiger partial charge is 1.00 e. The van der Waals surface area contributed by atoms with Crippen LogP contribution in [0.4, 0.5) is 0 Å². The molecule has 0 amide bonds. The maximum atomic E-state index is 11.0. The maximum Gasteiger partial charge on any atom is 4.00 e. The van der Waals surface area contributed by atoms with Crippen LogP contribution in [0.5, 0.6) is 0 Å². The molecule has 0 bridgehead atoms. The number of allylic oxidation sites excluding steroid dienone is 6. The first-order valence-electron chi connectivity index (χ1n) is 10.8. The van der Waals surface area contributed by atoms with Crippen LogP contribution < -0.4 is 43.5 Å². The van der Waals surface area contributed by atoms with Gasteiger partial charge in [0.15, 0.2) is 17.3 Å². The van der Waals surface area contributed by atoms with E-state index in [9.17, 15) is 29.7 Å². The van der Waals surface area contributed by atoms with Gasteiger partial charge in [0, 0.05) is 24.4 Å². The van der Waals surface area contributed by atoms with Crippen LogP contribution in [0.3, 0.4) is 0 Å². The molecule has 221 valence electrons. The first kappa shape index (κ1) is 56.4. The second-order valence-corrected chi connectivity index (χ2v) is 8.00. The number of Topliss-reactive ketones (excluding diaryl/α,β-unsaturated/α-hetero) is 3. The Balaban J connectivity index is -0.0000000536. The molecule has 0 spiro atoms. The summed E-state index contributed by atoms with van der Waals surface area (Å²) in [6.45, 7) is 4.41. The molecule has 0 aromatic rings. The van der Waals surface area contributed by atoms with Crippen molar-refractivity contribution in [2.24, 2.45) is 0 Å². The fraction of sp³-hybridized carbons (Fsp3) is 0.625. The molecule has 3 rings (SSSR count). The van der Waals surface area contributed by atoms with Crippen LogP contribution >= 0.6 is 0 Å². The van der Waals surface area contributed by atoms with Crippen LogP contribution in [0.15, 0.2) is 34.0 Å². The zero-order chi connectivity index (χ0) is 22.7. The van der Waals surface area contributed by atoms with E-state index in [4.69, 9.17) is 0 Å². The second kappa shape index (κ2) is 29.8. The van der Waals surface area contributed by atoms with Gasteiger partial charge in [-0.1, -0.05) is 19.3 Å². The van der Waals surface area contributed by atoms with Crippen molar-refractivity contribution in [3.05, 3.63) is 34.0 Å². The van der Waals surface area contributed by atoms with Gasteiger partial charge in [-0.2, -0.15) is 0 Å². The fourth-order valence-corrected chi connectivity index (χ4v) is 3.75. The third-order valence-electron chi connectivity index (χ3n) is 5.53. The number of rotatable bonds is 3. The average molecular weight is 681 g/mol. The molecule has 14 heteroatoms. The van der Waals surface area contributed by atoms with E-state index in [-0.39, 0.29) is 98.2 Å². The van der Waals surface area contributed by atoms with Gasteiger partial charge in [0.05, 0.1) is 0 Å². The molecule has 0 fully saturated rings. The number of ketones is 3. The number of carbonyl (C=O) groups is 3. The third-order valence-corrected chi connectivity index (χ3v) is 5.53. The summed E-state index contributed by atoms with van der Waals surface area (Å²) in [7, 11) is 0. The van der Waals surface area contributed by atoms with Crippen molar-refractivity contribution in [1.29, 1.82) is 0 Å². The summed E-state index contributed by atoms with van der Waals surface area (Å²) in [5.41, 5.74) is 1.60. The summed E-state index contributed by atoms with van der Waals surface area (Å²) >= 11 is 0. The van der Waals surface area contributed by atoms with Crippen LogP contribution in [0.1, 0.15) is 97.8 Å². The first-order valence-corrected chi connectivity index (χ1v) is 10.8. The number of hydrogen-bond donors (Lipinski definition) is 0. The van der Waals surface area contributed by atoms with Crippen molar-refractivity contribution in [1.82, 2.24) is 0 Å². The van der Waals surface area contributed by atoms with Crippen molar-refractivity contribution in [3.8, 4) is 0 Å². The summed E-state index contributed by atoms with van der Waals surface area (Å²) < 4.78 is 0. The Kier molecular flexibility index (Phi) is 44.3. The van der Waals surface area contributed by atoms with Gasteiger partial charge in [0.25, 0.3) is 0 Å². The van der Waals surface area contributed by atoms with Gasteiger partial charge in [-0.05, 0) is 95.3 Å². The Morgan fingerprint density at radius 2 is 0.605 bits per heavy atom. The van der Waals surface area contributed by atoms with E-state index >= 15 is 0 Å². The van der Waals surface area contributed by atoms with Crippen molar-refractivity contribution in [2.45, 2.75) is 97.8 Å². The summed E-state index contributed by atoms with van der Waals surface area (Å²) in [5.74, 6) is 0.0929. The monoisotopic (exact) mass is 680 g/mol. The molecule has 3 aliphatic rings. The van der Waals surface area contributed by atoms with Gasteiger partial charge in [-0.25, -0.2) is 0 Å². The maximum absolute atomic E-state index is 11.0.